The molecule has 0 aliphatic rings. The van der Waals surface area contributed by atoms with Crippen LogP contribution in [0.15, 0.2) is 30.3 Å². The van der Waals surface area contributed by atoms with Crippen LogP contribution < -0.4 is 4.74 Å². The molecule has 2 aromatic rings. The van der Waals surface area contributed by atoms with Gasteiger partial charge >= 0.3 is 6.18 Å². The summed E-state index contributed by atoms with van der Waals surface area (Å²) >= 11 is 5.85. The highest BCUT2D eigenvalue weighted by Gasteiger charge is 2.31. The molecule has 1 nitrogen and oxygen atoms in total. The molecule has 0 aliphatic heterocycles. The van der Waals surface area contributed by atoms with Gasteiger partial charge in [0.1, 0.15) is 11.6 Å². The molecule has 0 bridgehead atoms. The Bertz CT molecular complexity index is 739. The second-order valence-corrected chi connectivity index (χ2v) is 6.00. The van der Waals surface area contributed by atoms with Crippen molar-refractivity contribution in [3.8, 4) is 16.9 Å². The van der Waals surface area contributed by atoms with Crippen LogP contribution in [0.3, 0.4) is 0 Å². The summed E-state index contributed by atoms with van der Waals surface area (Å²) in [6, 6.07) is 6.21. The highest BCUT2D eigenvalue weighted by Crippen LogP contribution is 2.39. The van der Waals surface area contributed by atoms with Crippen molar-refractivity contribution in [3.05, 3.63) is 52.8 Å². The zero-order valence-electron chi connectivity index (χ0n) is 13.5. The summed E-state index contributed by atoms with van der Waals surface area (Å²) < 4.78 is 58.0. The smallest absolute Gasteiger partial charge is 0.416 e. The van der Waals surface area contributed by atoms with Crippen LogP contribution in [0.4, 0.5) is 17.6 Å². The predicted molar refractivity (Wildman–Crippen MR) is 87.0 cm³/mol. The minimum atomic E-state index is -4.45. The molecule has 2 rings (SSSR count). The first-order chi connectivity index (χ1) is 11.2. The zero-order valence-corrected chi connectivity index (χ0v) is 14.2. The van der Waals surface area contributed by atoms with E-state index in [1.54, 1.807) is 6.07 Å². The van der Waals surface area contributed by atoms with Crippen LogP contribution >= 0.6 is 11.6 Å². The molecular formula is C18H17ClF4O. The van der Waals surface area contributed by atoms with E-state index in [2.05, 4.69) is 0 Å². The maximum absolute atomic E-state index is 14.1. The third-order valence-electron chi connectivity index (χ3n) is 3.81. The molecule has 6 heteroatoms. The first kappa shape index (κ1) is 18.6. The summed E-state index contributed by atoms with van der Waals surface area (Å²) in [4.78, 5) is 0. The molecule has 2 aromatic carbocycles. The first-order valence-corrected chi connectivity index (χ1v) is 7.86. The van der Waals surface area contributed by atoms with E-state index in [1.165, 1.54) is 19.2 Å². The fourth-order valence-corrected chi connectivity index (χ4v) is 2.76. The Hall–Kier alpha value is -1.75. The molecule has 0 N–H and O–H groups in total. The van der Waals surface area contributed by atoms with Gasteiger partial charge in [0.25, 0.3) is 0 Å². The van der Waals surface area contributed by atoms with E-state index in [4.69, 9.17) is 16.3 Å². The summed E-state index contributed by atoms with van der Waals surface area (Å²) in [6.45, 7) is 3.67. The fourth-order valence-electron chi connectivity index (χ4n) is 2.54. The van der Waals surface area contributed by atoms with Crippen molar-refractivity contribution in [1.29, 1.82) is 0 Å². The lowest BCUT2D eigenvalue weighted by molar-refractivity contribution is -0.137. The topological polar surface area (TPSA) is 9.23 Å². The second-order valence-electron chi connectivity index (χ2n) is 5.73. The van der Waals surface area contributed by atoms with Gasteiger partial charge in [-0.05, 0) is 40.8 Å². The Kier molecular flexibility index (Phi) is 5.43. The van der Waals surface area contributed by atoms with Crippen molar-refractivity contribution in [2.75, 3.05) is 7.11 Å². The summed E-state index contributed by atoms with van der Waals surface area (Å²) in [5, 5.41) is 0. The molecule has 24 heavy (non-hydrogen) atoms. The average Bonchev–Trinajstić information content (AvgIpc) is 2.52. The summed E-state index contributed by atoms with van der Waals surface area (Å²) in [5.41, 5.74) is 1.02. The van der Waals surface area contributed by atoms with Gasteiger partial charge in [-0.3, -0.25) is 0 Å². The number of benzene rings is 2. The summed E-state index contributed by atoms with van der Waals surface area (Å²) in [5.74, 6) is -0.340. The van der Waals surface area contributed by atoms with Crippen molar-refractivity contribution in [2.24, 2.45) is 0 Å². The highest BCUT2D eigenvalue weighted by atomic mass is 35.5. The molecule has 130 valence electrons. The van der Waals surface area contributed by atoms with Gasteiger partial charge in [0.15, 0.2) is 0 Å². The number of hydrogen-bond acceptors (Lipinski definition) is 1. The van der Waals surface area contributed by atoms with Gasteiger partial charge in [-0.15, -0.1) is 11.6 Å². The lowest BCUT2D eigenvalue weighted by atomic mass is 9.93. The highest BCUT2D eigenvalue weighted by molar-refractivity contribution is 6.17. The average molecular weight is 361 g/mol. The summed E-state index contributed by atoms with van der Waals surface area (Å²) in [7, 11) is 1.39. The minimum absolute atomic E-state index is 0.0800. The molecule has 0 fully saturated rings. The Labute approximate surface area is 143 Å². The monoisotopic (exact) mass is 360 g/mol. The van der Waals surface area contributed by atoms with E-state index < -0.39 is 17.6 Å². The van der Waals surface area contributed by atoms with Crippen LogP contribution in [0.1, 0.15) is 36.5 Å². The van der Waals surface area contributed by atoms with Gasteiger partial charge in [-0.1, -0.05) is 19.9 Å². The van der Waals surface area contributed by atoms with Gasteiger partial charge < -0.3 is 4.74 Å². The van der Waals surface area contributed by atoms with Crippen molar-refractivity contribution in [1.82, 2.24) is 0 Å². The molecule has 0 unspecified atom stereocenters. The van der Waals surface area contributed by atoms with Crippen LogP contribution in [-0.2, 0) is 12.1 Å². The molecule has 0 heterocycles. The van der Waals surface area contributed by atoms with E-state index in [0.29, 0.717) is 22.3 Å². The number of hydrogen-bond donors (Lipinski definition) is 0. The standard InChI is InChI=1S/C18H17ClF4O/c1-10(2)14-7-15(17(24-3)8-16(14)20)13-5-4-12(18(21,22)23)6-11(13)9-19/h4-8,10H,9H2,1-3H3. The maximum Gasteiger partial charge on any atom is 0.416 e. The van der Waals surface area contributed by atoms with Gasteiger partial charge in [0.05, 0.1) is 12.7 Å². The van der Waals surface area contributed by atoms with Crippen molar-refractivity contribution >= 4 is 11.6 Å². The molecule has 0 atom stereocenters. The number of rotatable bonds is 4. The van der Waals surface area contributed by atoms with Gasteiger partial charge in [0, 0.05) is 17.5 Å². The van der Waals surface area contributed by atoms with E-state index in [0.717, 1.165) is 12.1 Å². The molecule has 0 saturated heterocycles. The largest absolute Gasteiger partial charge is 0.496 e. The van der Waals surface area contributed by atoms with Crippen LogP contribution in [0.25, 0.3) is 11.1 Å². The Morgan fingerprint density at radius 1 is 1.08 bits per heavy atom. The van der Waals surface area contributed by atoms with E-state index >= 15 is 0 Å². The maximum atomic E-state index is 14.1. The van der Waals surface area contributed by atoms with E-state index in [9.17, 15) is 17.6 Å². The van der Waals surface area contributed by atoms with Crippen LogP contribution in [0, 0.1) is 5.82 Å². The predicted octanol–water partition coefficient (Wildman–Crippen LogP) is 6.38. The quantitative estimate of drug-likeness (QED) is 0.454. The molecule has 0 amide bonds. The number of ether oxygens (including phenoxy) is 1. The number of methoxy groups -OCH3 is 1. The Morgan fingerprint density at radius 2 is 1.75 bits per heavy atom. The van der Waals surface area contributed by atoms with E-state index in [1.807, 2.05) is 13.8 Å². The Balaban J connectivity index is 2.69. The molecule has 0 spiro atoms. The van der Waals surface area contributed by atoms with Crippen molar-refractivity contribution in [3.63, 3.8) is 0 Å². The number of halogens is 5. The van der Waals surface area contributed by atoms with Crippen molar-refractivity contribution in [2.45, 2.75) is 31.8 Å². The fraction of sp³-hybridized carbons (Fsp3) is 0.333. The lowest BCUT2D eigenvalue weighted by Crippen LogP contribution is -2.06. The molecule has 0 aromatic heterocycles. The molecule has 0 saturated carbocycles. The SMILES string of the molecule is COc1cc(F)c(C(C)C)cc1-c1ccc(C(F)(F)F)cc1CCl. The zero-order chi connectivity index (χ0) is 18.1. The third-order valence-corrected chi connectivity index (χ3v) is 4.10. The van der Waals surface area contributed by atoms with Crippen LogP contribution in [0.5, 0.6) is 5.75 Å². The van der Waals surface area contributed by atoms with Crippen LogP contribution in [0.2, 0.25) is 0 Å². The van der Waals surface area contributed by atoms with E-state index in [-0.39, 0.29) is 17.5 Å². The van der Waals surface area contributed by atoms with Crippen LogP contribution in [-0.4, -0.2) is 7.11 Å². The normalized spacial score (nSPS) is 11.9. The van der Waals surface area contributed by atoms with Gasteiger partial charge in [-0.25, -0.2) is 4.39 Å². The van der Waals surface area contributed by atoms with Gasteiger partial charge in [-0.2, -0.15) is 13.2 Å². The molecule has 0 radical (unpaired) electrons. The summed E-state index contributed by atoms with van der Waals surface area (Å²) in [6.07, 6.45) is -4.45. The minimum Gasteiger partial charge on any atom is -0.496 e. The van der Waals surface area contributed by atoms with Gasteiger partial charge in [0.2, 0.25) is 0 Å². The molecule has 0 aliphatic carbocycles. The molecular weight excluding hydrogens is 344 g/mol. The Morgan fingerprint density at radius 3 is 2.25 bits per heavy atom. The van der Waals surface area contributed by atoms with Crippen molar-refractivity contribution < 1.29 is 22.3 Å². The number of alkyl halides is 4. The lowest BCUT2D eigenvalue weighted by Gasteiger charge is -2.17. The first-order valence-electron chi connectivity index (χ1n) is 7.33. The third kappa shape index (κ3) is 3.66. The second kappa shape index (κ2) is 7.01.